The van der Waals surface area contributed by atoms with E-state index < -0.39 is 0 Å². The highest BCUT2D eigenvalue weighted by molar-refractivity contribution is 6.23. The van der Waals surface area contributed by atoms with Crippen LogP contribution in [-0.2, 0) is 6.42 Å². The second kappa shape index (κ2) is 10.5. The van der Waals surface area contributed by atoms with E-state index in [0.717, 1.165) is 65.1 Å². The van der Waals surface area contributed by atoms with Crippen molar-refractivity contribution in [2.45, 2.75) is 32.6 Å². The lowest BCUT2D eigenvalue weighted by molar-refractivity contribution is 0.0958. The molecule has 0 unspecified atom stereocenters. The Morgan fingerprint density at radius 2 is 1.56 bits per heavy atom. The van der Waals surface area contributed by atoms with Crippen LogP contribution in [0.5, 0.6) is 0 Å². The van der Waals surface area contributed by atoms with E-state index in [1.54, 1.807) is 4.68 Å². The predicted octanol–water partition coefficient (Wildman–Crippen LogP) is 7.35. The van der Waals surface area contributed by atoms with Gasteiger partial charge in [-0.15, -0.1) is 11.5 Å². The molecule has 0 saturated carbocycles. The second-order valence-corrected chi connectivity index (χ2v) is 10.0. The number of allylic oxidation sites excluding steroid dienone is 2. The first-order chi connectivity index (χ1) is 19.1. The van der Waals surface area contributed by atoms with E-state index in [0.29, 0.717) is 23.2 Å². The van der Waals surface area contributed by atoms with E-state index in [1.807, 2.05) is 78.7 Å². The maximum Gasteiger partial charge on any atom is 0.279 e. The Morgan fingerprint density at radius 1 is 0.872 bits per heavy atom. The molecule has 0 atom stereocenters. The molecule has 4 aromatic rings. The fraction of sp³-hybridized carbons (Fsp3) is 0.212. The second-order valence-electron chi connectivity index (χ2n) is 10.0. The zero-order chi connectivity index (χ0) is 26.8. The summed E-state index contributed by atoms with van der Waals surface area (Å²) in [6.45, 7) is 3.84. The number of aromatic nitrogens is 2. The van der Waals surface area contributed by atoms with Crippen molar-refractivity contribution < 1.29 is 4.79 Å². The van der Waals surface area contributed by atoms with Gasteiger partial charge in [-0.05, 0) is 49.4 Å². The van der Waals surface area contributed by atoms with Crippen molar-refractivity contribution in [2.24, 2.45) is 10.3 Å². The number of nitrogens with zero attached hydrogens (tertiary/aromatic N) is 5. The topological polar surface area (TPSA) is 62.9 Å². The van der Waals surface area contributed by atoms with Gasteiger partial charge in [0.1, 0.15) is 11.4 Å². The molecule has 3 aromatic carbocycles. The van der Waals surface area contributed by atoms with Crippen LogP contribution in [0.2, 0.25) is 0 Å². The molecule has 0 amide bonds. The minimum absolute atomic E-state index is 0.154. The van der Waals surface area contributed by atoms with Crippen LogP contribution in [0.1, 0.15) is 47.8 Å². The van der Waals surface area contributed by atoms with Gasteiger partial charge in [-0.1, -0.05) is 83.4 Å². The van der Waals surface area contributed by atoms with E-state index in [1.165, 1.54) is 6.42 Å². The van der Waals surface area contributed by atoms with Gasteiger partial charge >= 0.3 is 0 Å². The first-order valence-electron chi connectivity index (χ1n) is 13.4. The fourth-order valence-corrected chi connectivity index (χ4v) is 5.46. The minimum atomic E-state index is -0.154. The Labute approximate surface area is 228 Å². The molecule has 0 N–H and O–H groups in total. The number of fused-ring (bicyclic) bond motifs is 1. The molecule has 0 bridgehead atoms. The molecule has 3 heterocycles. The van der Waals surface area contributed by atoms with E-state index in [2.05, 4.69) is 28.4 Å². The van der Waals surface area contributed by atoms with Crippen molar-refractivity contribution in [1.29, 1.82) is 0 Å². The number of carbonyl (C=O) groups excluding carboxylic acids is 1. The molecular formula is C33H29N5O. The molecule has 6 rings (SSSR count). The molecular weight excluding hydrogens is 482 g/mol. The number of rotatable bonds is 5. The summed E-state index contributed by atoms with van der Waals surface area (Å²) >= 11 is 0. The number of benzene rings is 3. The normalized spacial score (nSPS) is 15.5. The maximum absolute atomic E-state index is 14.0. The molecule has 2 aliphatic heterocycles. The van der Waals surface area contributed by atoms with Crippen LogP contribution in [0.15, 0.2) is 94.8 Å². The molecule has 2 aliphatic rings. The first kappa shape index (κ1) is 24.6. The quantitative estimate of drug-likeness (QED) is 0.208. The summed E-state index contributed by atoms with van der Waals surface area (Å²) in [5.74, 6) is 2.59. The van der Waals surface area contributed by atoms with Gasteiger partial charge in [0.25, 0.3) is 5.91 Å². The van der Waals surface area contributed by atoms with Crippen LogP contribution in [0.4, 0.5) is 5.69 Å². The molecule has 6 nitrogen and oxygen atoms in total. The van der Waals surface area contributed by atoms with E-state index in [4.69, 9.17) is 11.5 Å². The highest BCUT2D eigenvalue weighted by Crippen LogP contribution is 2.40. The summed E-state index contributed by atoms with van der Waals surface area (Å²) in [5, 5.41) is 15.7. The van der Waals surface area contributed by atoms with Gasteiger partial charge < -0.3 is 0 Å². The molecule has 0 spiro atoms. The molecule has 192 valence electrons. The summed E-state index contributed by atoms with van der Waals surface area (Å²) in [7, 11) is 0. The standard InChI is InChI=1S/C33H29N5O/c1-3-24-22-27(17-18-28(24)34-36-37-19-11-6-12-20-37)30-23(2)21-29-31(25-13-7-4-8-14-25)32(35-38(29)33(30)39)26-15-9-5-10-16-26/h1,4-5,7-10,13-18,22H,6,11-12,19-21H2,2H3. The van der Waals surface area contributed by atoms with Gasteiger partial charge in [0.2, 0.25) is 0 Å². The van der Waals surface area contributed by atoms with Gasteiger partial charge in [-0.25, -0.2) is 0 Å². The summed E-state index contributed by atoms with van der Waals surface area (Å²) in [4.78, 5) is 14.0. The average molecular weight is 512 g/mol. The van der Waals surface area contributed by atoms with Gasteiger partial charge in [0.15, 0.2) is 0 Å². The molecule has 1 saturated heterocycles. The molecule has 39 heavy (non-hydrogen) atoms. The van der Waals surface area contributed by atoms with Crippen LogP contribution in [-0.4, -0.2) is 33.8 Å². The lowest BCUT2D eigenvalue weighted by Gasteiger charge is -2.22. The summed E-state index contributed by atoms with van der Waals surface area (Å²) in [6.07, 6.45) is 9.96. The average Bonchev–Trinajstić information content (AvgIpc) is 3.37. The van der Waals surface area contributed by atoms with E-state index in [-0.39, 0.29) is 5.91 Å². The largest absolute Gasteiger partial charge is 0.279 e. The number of carbonyl (C=O) groups is 1. The van der Waals surface area contributed by atoms with Crippen LogP contribution in [0.3, 0.4) is 0 Å². The zero-order valence-electron chi connectivity index (χ0n) is 22.0. The van der Waals surface area contributed by atoms with Crippen molar-refractivity contribution in [3.63, 3.8) is 0 Å². The van der Waals surface area contributed by atoms with Crippen LogP contribution < -0.4 is 0 Å². The summed E-state index contributed by atoms with van der Waals surface area (Å²) in [5.41, 5.74) is 8.33. The smallest absolute Gasteiger partial charge is 0.278 e. The fourth-order valence-electron chi connectivity index (χ4n) is 5.46. The zero-order valence-corrected chi connectivity index (χ0v) is 22.0. The lowest BCUT2D eigenvalue weighted by Crippen LogP contribution is -2.23. The summed E-state index contributed by atoms with van der Waals surface area (Å²) in [6, 6.07) is 25.8. The number of hydrogen-bond donors (Lipinski definition) is 0. The minimum Gasteiger partial charge on any atom is -0.278 e. The third kappa shape index (κ3) is 4.68. The lowest BCUT2D eigenvalue weighted by atomic mass is 9.90. The molecule has 0 radical (unpaired) electrons. The molecule has 6 heteroatoms. The number of terminal acetylenes is 1. The SMILES string of the molecule is C#Cc1cc(C2=C(C)Cc3c(-c4ccccc4)c(-c4ccccc4)nn3C2=O)ccc1N=NN1CCCCC1. The Bertz CT molecular complexity index is 1630. The number of piperidine rings is 1. The predicted molar refractivity (Wildman–Crippen MR) is 154 cm³/mol. The van der Waals surface area contributed by atoms with Crippen LogP contribution in [0, 0.1) is 12.3 Å². The van der Waals surface area contributed by atoms with Gasteiger partial charge in [-0.2, -0.15) is 9.78 Å². The molecule has 1 aromatic heterocycles. The Kier molecular flexibility index (Phi) is 6.64. The third-order valence-electron chi connectivity index (χ3n) is 7.41. The van der Waals surface area contributed by atoms with Gasteiger partial charge in [0, 0.05) is 36.2 Å². The molecule has 0 aliphatic carbocycles. The first-order valence-corrected chi connectivity index (χ1v) is 13.4. The molecule has 1 fully saturated rings. The Morgan fingerprint density at radius 3 is 2.26 bits per heavy atom. The highest BCUT2D eigenvalue weighted by Gasteiger charge is 2.31. The summed E-state index contributed by atoms with van der Waals surface area (Å²) < 4.78 is 1.58. The van der Waals surface area contributed by atoms with Crippen molar-refractivity contribution in [2.75, 3.05) is 13.1 Å². The van der Waals surface area contributed by atoms with E-state index in [9.17, 15) is 4.79 Å². The van der Waals surface area contributed by atoms with E-state index >= 15 is 0 Å². The van der Waals surface area contributed by atoms with Crippen molar-refractivity contribution >= 4 is 17.2 Å². The maximum atomic E-state index is 14.0. The highest BCUT2D eigenvalue weighted by atomic mass is 16.2. The van der Waals surface area contributed by atoms with Crippen molar-refractivity contribution in [3.8, 4) is 34.7 Å². The third-order valence-corrected chi connectivity index (χ3v) is 7.41. The number of hydrogen-bond acceptors (Lipinski definition) is 4. The van der Waals surface area contributed by atoms with Crippen molar-refractivity contribution in [3.05, 3.63) is 101 Å². The van der Waals surface area contributed by atoms with Crippen LogP contribution in [0.25, 0.3) is 28.0 Å². The van der Waals surface area contributed by atoms with Gasteiger partial charge in [-0.3, -0.25) is 9.80 Å². The monoisotopic (exact) mass is 511 g/mol. The van der Waals surface area contributed by atoms with Crippen LogP contribution >= 0.6 is 0 Å². The van der Waals surface area contributed by atoms with Crippen molar-refractivity contribution in [1.82, 2.24) is 14.8 Å². The van der Waals surface area contributed by atoms with Gasteiger partial charge in [0.05, 0.1) is 11.3 Å². The Balaban J connectivity index is 1.40. The Hall–Kier alpha value is -4.76.